The summed E-state index contributed by atoms with van der Waals surface area (Å²) >= 11 is 0. The number of rotatable bonds is 7. The number of likely N-dealkylation sites (tertiary alicyclic amines) is 1. The highest BCUT2D eigenvalue weighted by Gasteiger charge is 2.22. The van der Waals surface area contributed by atoms with Gasteiger partial charge >= 0.3 is 0 Å². The van der Waals surface area contributed by atoms with Gasteiger partial charge in [0.2, 0.25) is 5.91 Å². The molecule has 23 heavy (non-hydrogen) atoms. The fraction of sp³-hybridized carbons (Fsp3) is 0.667. The first-order valence-corrected chi connectivity index (χ1v) is 8.71. The number of nitrogens with zero attached hydrogens (tertiary/aromatic N) is 2. The fourth-order valence-corrected chi connectivity index (χ4v) is 2.88. The molecule has 0 spiro atoms. The van der Waals surface area contributed by atoms with Crippen LogP contribution in [0.5, 0.6) is 0 Å². The summed E-state index contributed by atoms with van der Waals surface area (Å²) in [5, 5.41) is 0. The van der Waals surface area contributed by atoms with Crippen molar-refractivity contribution in [3.8, 4) is 0 Å². The Labute approximate surface area is 138 Å². The van der Waals surface area contributed by atoms with E-state index in [1.165, 1.54) is 12.5 Å². The predicted molar refractivity (Wildman–Crippen MR) is 89.1 cm³/mol. The van der Waals surface area contributed by atoms with E-state index >= 15 is 0 Å². The first kappa shape index (κ1) is 17.6. The minimum atomic E-state index is -0.0488. The monoisotopic (exact) mass is 320 g/mol. The summed E-state index contributed by atoms with van der Waals surface area (Å²) in [7, 11) is 0. The lowest BCUT2D eigenvalue weighted by molar-refractivity contribution is -0.132. The number of unbranched alkanes of at least 4 members (excludes halogenated alkanes) is 1. The van der Waals surface area contributed by atoms with Crippen molar-refractivity contribution in [2.45, 2.75) is 46.0 Å². The number of carbonyl (C=O) groups is 2. The van der Waals surface area contributed by atoms with Gasteiger partial charge in [0.15, 0.2) is 0 Å². The van der Waals surface area contributed by atoms with Gasteiger partial charge in [-0.05, 0) is 31.2 Å². The first-order valence-electron chi connectivity index (χ1n) is 8.71. The van der Waals surface area contributed by atoms with Gasteiger partial charge in [-0.2, -0.15) is 0 Å². The first-order chi connectivity index (χ1) is 11.1. The molecule has 1 saturated heterocycles. The van der Waals surface area contributed by atoms with E-state index in [9.17, 15) is 9.59 Å². The largest absolute Gasteiger partial charge is 0.472 e. The smallest absolute Gasteiger partial charge is 0.257 e. The van der Waals surface area contributed by atoms with Gasteiger partial charge in [-0.25, -0.2) is 0 Å². The van der Waals surface area contributed by atoms with Gasteiger partial charge in [0, 0.05) is 32.6 Å². The third-order valence-corrected chi connectivity index (χ3v) is 4.57. The molecule has 5 heteroatoms. The molecule has 0 aliphatic carbocycles. The van der Waals surface area contributed by atoms with Crippen LogP contribution < -0.4 is 0 Å². The summed E-state index contributed by atoms with van der Waals surface area (Å²) in [6.07, 6.45) is 7.51. The molecule has 0 N–H and O–H groups in total. The Balaban J connectivity index is 1.87. The van der Waals surface area contributed by atoms with Crippen molar-refractivity contribution in [3.05, 3.63) is 24.2 Å². The zero-order chi connectivity index (χ0) is 16.7. The van der Waals surface area contributed by atoms with Crippen molar-refractivity contribution in [2.24, 2.45) is 5.92 Å². The topological polar surface area (TPSA) is 53.8 Å². The number of furan rings is 1. The Bertz CT molecular complexity index is 490. The van der Waals surface area contributed by atoms with Crippen LogP contribution in [0.1, 0.15) is 56.3 Å². The van der Waals surface area contributed by atoms with E-state index in [1.807, 2.05) is 4.90 Å². The summed E-state index contributed by atoms with van der Waals surface area (Å²) in [5.74, 6) is 0.827. The van der Waals surface area contributed by atoms with Gasteiger partial charge in [-0.15, -0.1) is 0 Å². The number of hydrogen-bond acceptors (Lipinski definition) is 3. The standard InChI is InChI=1S/C18H28N2O3/c1-3-4-9-20(18(22)16-8-13-23-14-16)12-7-17(21)19-10-5-15(2)6-11-19/h8,13-15H,3-7,9-12H2,1-2H3. The highest BCUT2D eigenvalue weighted by atomic mass is 16.3. The molecule has 2 heterocycles. The highest BCUT2D eigenvalue weighted by Crippen LogP contribution is 2.17. The van der Waals surface area contributed by atoms with Gasteiger partial charge in [0.1, 0.15) is 6.26 Å². The minimum Gasteiger partial charge on any atom is -0.472 e. The number of carbonyl (C=O) groups excluding carboxylic acids is 2. The van der Waals surface area contributed by atoms with Gasteiger partial charge in [0.05, 0.1) is 11.8 Å². The van der Waals surface area contributed by atoms with E-state index in [-0.39, 0.29) is 11.8 Å². The van der Waals surface area contributed by atoms with Gasteiger partial charge in [0.25, 0.3) is 5.91 Å². The summed E-state index contributed by atoms with van der Waals surface area (Å²) in [6, 6.07) is 1.68. The van der Waals surface area contributed by atoms with Crippen molar-refractivity contribution in [3.63, 3.8) is 0 Å². The van der Waals surface area contributed by atoms with E-state index in [0.29, 0.717) is 31.0 Å². The molecule has 0 atom stereocenters. The lowest BCUT2D eigenvalue weighted by Gasteiger charge is -2.31. The molecule has 0 aromatic carbocycles. The lowest BCUT2D eigenvalue weighted by Crippen LogP contribution is -2.40. The van der Waals surface area contributed by atoms with E-state index in [0.717, 1.165) is 38.8 Å². The van der Waals surface area contributed by atoms with Gasteiger partial charge in [-0.3, -0.25) is 9.59 Å². The number of piperidine rings is 1. The average molecular weight is 320 g/mol. The van der Waals surface area contributed by atoms with Crippen molar-refractivity contribution < 1.29 is 14.0 Å². The quantitative estimate of drug-likeness (QED) is 0.775. The maximum absolute atomic E-state index is 12.5. The van der Waals surface area contributed by atoms with E-state index in [4.69, 9.17) is 4.42 Å². The Morgan fingerprint density at radius 2 is 2.04 bits per heavy atom. The molecule has 1 aromatic rings. The van der Waals surface area contributed by atoms with E-state index in [2.05, 4.69) is 13.8 Å². The molecule has 0 saturated carbocycles. The molecule has 5 nitrogen and oxygen atoms in total. The molecule has 128 valence electrons. The molecule has 0 radical (unpaired) electrons. The summed E-state index contributed by atoms with van der Waals surface area (Å²) in [5.41, 5.74) is 0.556. The van der Waals surface area contributed by atoms with Gasteiger partial charge in [-0.1, -0.05) is 20.3 Å². The van der Waals surface area contributed by atoms with Crippen molar-refractivity contribution in [1.29, 1.82) is 0 Å². The third-order valence-electron chi connectivity index (χ3n) is 4.57. The molecule has 1 aliphatic rings. The SMILES string of the molecule is CCCCN(CCC(=O)N1CCC(C)CC1)C(=O)c1ccoc1. The highest BCUT2D eigenvalue weighted by molar-refractivity contribution is 5.94. The molecule has 1 aromatic heterocycles. The lowest BCUT2D eigenvalue weighted by atomic mass is 9.99. The van der Waals surface area contributed by atoms with Crippen LogP contribution in [-0.2, 0) is 4.79 Å². The maximum atomic E-state index is 12.5. The summed E-state index contributed by atoms with van der Waals surface area (Å²) in [6.45, 7) is 7.20. The average Bonchev–Trinajstić information content (AvgIpc) is 3.09. The molecule has 0 unspecified atom stereocenters. The van der Waals surface area contributed by atoms with Crippen LogP contribution >= 0.6 is 0 Å². The predicted octanol–water partition coefficient (Wildman–Crippen LogP) is 3.17. The molecule has 1 aliphatic heterocycles. The van der Waals surface area contributed by atoms with Crippen LogP contribution in [0.25, 0.3) is 0 Å². The van der Waals surface area contributed by atoms with Crippen LogP contribution in [0.3, 0.4) is 0 Å². The second kappa shape index (κ2) is 8.75. The van der Waals surface area contributed by atoms with Gasteiger partial charge < -0.3 is 14.2 Å². The minimum absolute atomic E-state index is 0.0488. The van der Waals surface area contributed by atoms with Crippen LogP contribution in [-0.4, -0.2) is 47.8 Å². The second-order valence-electron chi connectivity index (χ2n) is 6.47. The molecule has 2 amide bonds. The van der Waals surface area contributed by atoms with E-state index in [1.54, 1.807) is 11.0 Å². The van der Waals surface area contributed by atoms with E-state index < -0.39 is 0 Å². The molecule has 0 bridgehead atoms. The normalized spacial score (nSPS) is 15.7. The number of hydrogen-bond donors (Lipinski definition) is 0. The van der Waals surface area contributed by atoms with Crippen molar-refractivity contribution >= 4 is 11.8 Å². The zero-order valence-electron chi connectivity index (χ0n) is 14.3. The van der Waals surface area contributed by atoms with Crippen LogP contribution in [0.4, 0.5) is 0 Å². The summed E-state index contributed by atoms with van der Waals surface area (Å²) < 4.78 is 5.00. The van der Waals surface area contributed by atoms with Crippen molar-refractivity contribution in [1.82, 2.24) is 9.80 Å². The van der Waals surface area contributed by atoms with Crippen LogP contribution in [0.15, 0.2) is 23.0 Å². The number of amides is 2. The third kappa shape index (κ3) is 5.12. The fourth-order valence-electron chi connectivity index (χ4n) is 2.88. The Morgan fingerprint density at radius 1 is 1.30 bits per heavy atom. The molecular weight excluding hydrogens is 292 g/mol. The zero-order valence-corrected chi connectivity index (χ0v) is 14.3. The maximum Gasteiger partial charge on any atom is 0.257 e. The second-order valence-corrected chi connectivity index (χ2v) is 6.47. The molecule has 1 fully saturated rings. The Hall–Kier alpha value is -1.78. The van der Waals surface area contributed by atoms with Crippen LogP contribution in [0.2, 0.25) is 0 Å². The Morgan fingerprint density at radius 3 is 2.65 bits per heavy atom. The molecule has 2 rings (SSSR count). The van der Waals surface area contributed by atoms with Crippen LogP contribution in [0, 0.1) is 5.92 Å². The molecular formula is C18H28N2O3. The Kier molecular flexibility index (Phi) is 6.68. The summed E-state index contributed by atoms with van der Waals surface area (Å²) in [4.78, 5) is 28.6. The van der Waals surface area contributed by atoms with Crippen molar-refractivity contribution in [2.75, 3.05) is 26.2 Å².